The zero-order valence-corrected chi connectivity index (χ0v) is 17.4. The van der Waals surface area contributed by atoms with Crippen molar-refractivity contribution in [2.45, 2.75) is 25.9 Å². The number of benzene rings is 2. The molecule has 2 amide bonds. The molecule has 2 N–H and O–H groups in total. The predicted molar refractivity (Wildman–Crippen MR) is 117 cm³/mol. The number of ether oxygens (including phenoxy) is 2. The van der Waals surface area contributed by atoms with Gasteiger partial charge in [-0.2, -0.15) is 5.26 Å². The van der Waals surface area contributed by atoms with Gasteiger partial charge in [0.05, 0.1) is 6.10 Å². The molecule has 0 spiro atoms. The van der Waals surface area contributed by atoms with Gasteiger partial charge in [0.1, 0.15) is 17.4 Å². The molecule has 7 heteroatoms. The van der Waals surface area contributed by atoms with Crippen LogP contribution in [0.3, 0.4) is 0 Å². The topological polar surface area (TPSA) is 100 Å². The van der Waals surface area contributed by atoms with Crippen molar-refractivity contribution in [1.29, 1.82) is 5.26 Å². The largest absolute Gasteiger partial charge is 0.484 e. The summed E-state index contributed by atoms with van der Waals surface area (Å²) in [6, 6.07) is 16.2. The zero-order chi connectivity index (χ0) is 22.1. The summed E-state index contributed by atoms with van der Waals surface area (Å²) in [7, 11) is 0. The molecule has 1 atom stereocenters. The van der Waals surface area contributed by atoms with Gasteiger partial charge in [-0.05, 0) is 55.7 Å². The number of carbonyl (C=O) groups excluding carboxylic acids is 2. The van der Waals surface area contributed by atoms with E-state index in [1.807, 2.05) is 37.3 Å². The maximum atomic E-state index is 12.2. The molecule has 0 unspecified atom stereocenters. The Bertz CT molecular complexity index is 969. The molecule has 7 nitrogen and oxygen atoms in total. The number of hydrogen-bond donors (Lipinski definition) is 2. The number of amides is 2. The van der Waals surface area contributed by atoms with Crippen LogP contribution in [0.5, 0.6) is 5.75 Å². The van der Waals surface area contributed by atoms with Crippen molar-refractivity contribution >= 4 is 23.6 Å². The maximum absolute atomic E-state index is 12.2. The highest BCUT2D eigenvalue weighted by atomic mass is 16.5. The number of nitriles is 1. The van der Waals surface area contributed by atoms with E-state index in [1.54, 1.807) is 24.3 Å². The summed E-state index contributed by atoms with van der Waals surface area (Å²) in [5, 5.41) is 14.8. The third-order valence-electron chi connectivity index (χ3n) is 4.78. The molecule has 0 saturated carbocycles. The molecule has 0 radical (unpaired) electrons. The van der Waals surface area contributed by atoms with Crippen molar-refractivity contribution in [3.05, 3.63) is 65.2 Å². The molecule has 1 fully saturated rings. The van der Waals surface area contributed by atoms with Gasteiger partial charge in [0, 0.05) is 18.8 Å². The van der Waals surface area contributed by atoms with E-state index in [1.165, 1.54) is 6.08 Å². The zero-order valence-electron chi connectivity index (χ0n) is 17.4. The molecular formula is C24H25N3O4. The van der Waals surface area contributed by atoms with Gasteiger partial charge in [-0.3, -0.25) is 9.59 Å². The standard InChI is InChI=1S/C24H25N3O4/c1-17-4-8-20(9-5-17)27-23(28)16-31-21-10-6-18(7-11-21)13-19(14-25)24(29)26-15-22-3-2-12-30-22/h4-11,13,22H,2-3,12,15-16H2,1H3,(H,26,29)(H,27,28)/b19-13+/t22-/m0/s1. The van der Waals surface area contributed by atoms with Crippen molar-refractivity contribution in [2.75, 3.05) is 25.1 Å². The minimum atomic E-state index is -0.425. The molecule has 2 aromatic carbocycles. The van der Waals surface area contributed by atoms with E-state index in [0.29, 0.717) is 30.2 Å². The van der Waals surface area contributed by atoms with Crippen LogP contribution in [-0.4, -0.2) is 37.7 Å². The number of aryl methyl sites for hydroxylation is 1. The number of anilines is 1. The first kappa shape index (κ1) is 22.1. The van der Waals surface area contributed by atoms with Crippen LogP contribution in [0.15, 0.2) is 54.1 Å². The normalized spacial score (nSPS) is 15.7. The predicted octanol–water partition coefficient (Wildman–Crippen LogP) is 3.21. The van der Waals surface area contributed by atoms with Crippen LogP contribution in [0, 0.1) is 18.3 Å². The van der Waals surface area contributed by atoms with E-state index in [4.69, 9.17) is 9.47 Å². The highest BCUT2D eigenvalue weighted by molar-refractivity contribution is 6.01. The summed E-state index contributed by atoms with van der Waals surface area (Å²) in [6.07, 6.45) is 3.43. The molecule has 0 aliphatic carbocycles. The van der Waals surface area contributed by atoms with Crippen molar-refractivity contribution in [3.63, 3.8) is 0 Å². The fourth-order valence-electron chi connectivity index (χ4n) is 3.07. The van der Waals surface area contributed by atoms with Gasteiger partial charge in [-0.15, -0.1) is 0 Å². The second-order valence-electron chi connectivity index (χ2n) is 7.29. The van der Waals surface area contributed by atoms with Crippen LogP contribution in [0.25, 0.3) is 6.08 Å². The Labute approximate surface area is 181 Å². The first-order chi connectivity index (χ1) is 15.0. The van der Waals surface area contributed by atoms with Gasteiger partial charge >= 0.3 is 0 Å². The Morgan fingerprint density at radius 2 is 1.94 bits per heavy atom. The van der Waals surface area contributed by atoms with Crippen LogP contribution >= 0.6 is 0 Å². The van der Waals surface area contributed by atoms with E-state index in [-0.39, 0.29) is 24.2 Å². The van der Waals surface area contributed by atoms with Crippen molar-refractivity contribution in [2.24, 2.45) is 0 Å². The van der Waals surface area contributed by atoms with Gasteiger partial charge in [0.25, 0.3) is 11.8 Å². The SMILES string of the molecule is Cc1ccc(NC(=O)COc2ccc(/C=C(\C#N)C(=O)NC[C@@H]3CCCO3)cc2)cc1. The van der Waals surface area contributed by atoms with E-state index in [0.717, 1.165) is 18.4 Å². The summed E-state index contributed by atoms with van der Waals surface area (Å²) < 4.78 is 11.0. The van der Waals surface area contributed by atoms with Crippen molar-refractivity contribution in [3.8, 4) is 11.8 Å². The minimum Gasteiger partial charge on any atom is -0.484 e. The highest BCUT2D eigenvalue weighted by Crippen LogP contribution is 2.16. The van der Waals surface area contributed by atoms with E-state index < -0.39 is 5.91 Å². The van der Waals surface area contributed by atoms with Crippen LogP contribution < -0.4 is 15.4 Å². The monoisotopic (exact) mass is 419 g/mol. The molecular weight excluding hydrogens is 394 g/mol. The van der Waals surface area contributed by atoms with Crippen LogP contribution in [0.4, 0.5) is 5.69 Å². The number of nitrogens with zero attached hydrogens (tertiary/aromatic N) is 1. The van der Waals surface area contributed by atoms with Crippen LogP contribution in [0.1, 0.15) is 24.0 Å². The average molecular weight is 419 g/mol. The summed E-state index contributed by atoms with van der Waals surface area (Å²) in [4.78, 5) is 24.2. The minimum absolute atomic E-state index is 0.0172. The molecule has 160 valence electrons. The number of carbonyl (C=O) groups is 2. The Morgan fingerprint density at radius 3 is 2.58 bits per heavy atom. The molecule has 0 aromatic heterocycles. The second-order valence-corrected chi connectivity index (χ2v) is 7.29. The molecule has 2 aromatic rings. The lowest BCUT2D eigenvalue weighted by Gasteiger charge is -2.10. The third kappa shape index (κ3) is 6.98. The number of hydrogen-bond acceptors (Lipinski definition) is 5. The Balaban J connectivity index is 1.49. The van der Waals surface area contributed by atoms with Crippen LogP contribution in [0.2, 0.25) is 0 Å². The first-order valence-electron chi connectivity index (χ1n) is 10.1. The van der Waals surface area contributed by atoms with E-state index >= 15 is 0 Å². The number of nitrogens with one attached hydrogen (secondary N) is 2. The fraction of sp³-hybridized carbons (Fsp3) is 0.292. The lowest BCUT2D eigenvalue weighted by atomic mass is 10.1. The number of rotatable bonds is 8. The molecule has 31 heavy (non-hydrogen) atoms. The molecule has 1 aliphatic heterocycles. The Hall–Kier alpha value is -3.63. The summed E-state index contributed by atoms with van der Waals surface area (Å²) in [6.45, 7) is 2.96. The molecule has 1 heterocycles. The second kappa shape index (κ2) is 11.0. The van der Waals surface area contributed by atoms with Crippen molar-refractivity contribution in [1.82, 2.24) is 5.32 Å². The first-order valence-corrected chi connectivity index (χ1v) is 10.1. The van der Waals surface area contributed by atoms with Gasteiger partial charge in [-0.25, -0.2) is 0 Å². The lowest BCUT2D eigenvalue weighted by Crippen LogP contribution is -2.32. The summed E-state index contributed by atoms with van der Waals surface area (Å²) in [5.74, 6) is -0.175. The smallest absolute Gasteiger partial charge is 0.262 e. The van der Waals surface area contributed by atoms with Gasteiger partial charge in [-0.1, -0.05) is 29.8 Å². The summed E-state index contributed by atoms with van der Waals surface area (Å²) >= 11 is 0. The average Bonchev–Trinajstić information content (AvgIpc) is 3.30. The highest BCUT2D eigenvalue weighted by Gasteiger charge is 2.17. The quantitative estimate of drug-likeness (QED) is 0.505. The lowest BCUT2D eigenvalue weighted by molar-refractivity contribution is -0.118. The van der Waals surface area contributed by atoms with Gasteiger partial charge in [0.2, 0.25) is 0 Å². The maximum Gasteiger partial charge on any atom is 0.262 e. The third-order valence-corrected chi connectivity index (χ3v) is 4.78. The summed E-state index contributed by atoms with van der Waals surface area (Å²) in [5.41, 5.74) is 2.52. The molecule has 1 aliphatic rings. The van der Waals surface area contributed by atoms with Crippen molar-refractivity contribution < 1.29 is 19.1 Å². The Kier molecular flexibility index (Phi) is 7.79. The van der Waals surface area contributed by atoms with Gasteiger partial charge in [0.15, 0.2) is 6.61 Å². The van der Waals surface area contributed by atoms with E-state index in [9.17, 15) is 14.9 Å². The Morgan fingerprint density at radius 1 is 1.19 bits per heavy atom. The van der Waals surface area contributed by atoms with Crippen LogP contribution in [-0.2, 0) is 14.3 Å². The van der Waals surface area contributed by atoms with Gasteiger partial charge < -0.3 is 20.1 Å². The molecule has 1 saturated heterocycles. The van der Waals surface area contributed by atoms with E-state index in [2.05, 4.69) is 10.6 Å². The molecule has 0 bridgehead atoms. The molecule has 3 rings (SSSR count). The fourth-order valence-corrected chi connectivity index (χ4v) is 3.07.